The molecule has 1 saturated carbocycles. The van der Waals surface area contributed by atoms with Crippen molar-refractivity contribution < 1.29 is 14.6 Å². The molecule has 8 heteroatoms. The lowest BCUT2D eigenvalue weighted by atomic mass is 9.71. The molecule has 8 nitrogen and oxygen atoms in total. The van der Waals surface area contributed by atoms with E-state index in [2.05, 4.69) is 44.2 Å². The van der Waals surface area contributed by atoms with Crippen LogP contribution in [0.4, 0.5) is 5.69 Å². The molecule has 2 aliphatic rings. The van der Waals surface area contributed by atoms with Gasteiger partial charge in [0.1, 0.15) is 11.9 Å². The fourth-order valence-corrected chi connectivity index (χ4v) is 4.71. The highest BCUT2D eigenvalue weighted by Crippen LogP contribution is 2.42. The fourth-order valence-electron chi connectivity index (χ4n) is 4.71. The van der Waals surface area contributed by atoms with Gasteiger partial charge in [0.15, 0.2) is 5.75 Å². The topological polar surface area (TPSA) is 92.9 Å². The summed E-state index contributed by atoms with van der Waals surface area (Å²) in [5.41, 5.74) is 4.17. The van der Waals surface area contributed by atoms with Crippen LogP contribution in [-0.2, 0) is 4.79 Å². The number of carbonyl (C=O) groups is 1. The number of nitrogens with zero attached hydrogens (tertiary/aromatic N) is 5. The molecule has 0 amide bonds. The number of hydrogen-bond donors (Lipinski definition) is 1. The van der Waals surface area contributed by atoms with Crippen LogP contribution < -0.4 is 9.64 Å². The van der Waals surface area contributed by atoms with E-state index < -0.39 is 5.97 Å². The molecule has 1 atom stereocenters. The first kappa shape index (κ1) is 19.8. The van der Waals surface area contributed by atoms with Crippen LogP contribution in [0.15, 0.2) is 24.3 Å². The van der Waals surface area contributed by atoms with E-state index in [1.165, 1.54) is 11.3 Å². The predicted octanol–water partition coefficient (Wildman–Crippen LogP) is 3.29. The number of fused-ring (bicyclic) bond motifs is 1. The summed E-state index contributed by atoms with van der Waals surface area (Å²) in [6.45, 7) is 7.56. The third kappa shape index (κ3) is 3.60. The quantitative estimate of drug-likeness (QED) is 0.676. The first-order valence-electron chi connectivity index (χ1n) is 10.8. The normalized spacial score (nSPS) is 23.2. The Labute approximate surface area is 180 Å². The Morgan fingerprint density at radius 2 is 1.87 bits per heavy atom. The lowest BCUT2D eigenvalue weighted by Crippen LogP contribution is -2.28. The first-order valence-corrected chi connectivity index (χ1v) is 10.8. The van der Waals surface area contributed by atoms with E-state index in [0.717, 1.165) is 49.5 Å². The fraction of sp³-hybridized carbons (Fsp3) is 0.478. The Morgan fingerprint density at radius 3 is 2.58 bits per heavy atom. The van der Waals surface area contributed by atoms with Crippen LogP contribution in [0.3, 0.4) is 0 Å². The molecule has 0 unspecified atom stereocenters. The average molecular weight is 422 g/mol. The van der Waals surface area contributed by atoms with Gasteiger partial charge in [0.2, 0.25) is 0 Å². The molecule has 2 aromatic heterocycles. The summed E-state index contributed by atoms with van der Waals surface area (Å²) < 4.78 is 8.13. The molecule has 31 heavy (non-hydrogen) atoms. The molecule has 0 spiro atoms. The number of benzene rings is 1. The van der Waals surface area contributed by atoms with Crippen LogP contribution in [0, 0.1) is 26.7 Å². The molecule has 3 heterocycles. The molecule has 162 valence electrons. The number of ether oxygens (including phenoxy) is 1. The van der Waals surface area contributed by atoms with E-state index in [-0.39, 0.29) is 12.0 Å². The zero-order valence-electron chi connectivity index (χ0n) is 18.1. The highest BCUT2D eigenvalue weighted by Gasteiger charge is 2.35. The molecular formula is C23H27N5O3. The summed E-state index contributed by atoms with van der Waals surface area (Å²) in [6.07, 6.45) is 2.52. The van der Waals surface area contributed by atoms with Gasteiger partial charge in [0, 0.05) is 18.7 Å². The van der Waals surface area contributed by atoms with E-state index in [9.17, 15) is 4.79 Å². The molecule has 1 aromatic carbocycles. The molecule has 0 radical (unpaired) electrons. The molecule has 1 aliphatic heterocycles. The average Bonchev–Trinajstić information content (AvgIpc) is 3.30. The summed E-state index contributed by atoms with van der Waals surface area (Å²) in [7, 11) is 0. The number of hydrogen-bond acceptors (Lipinski definition) is 6. The molecule has 0 bridgehead atoms. The molecule has 3 aromatic rings. The van der Waals surface area contributed by atoms with E-state index in [1.54, 1.807) is 4.52 Å². The minimum absolute atomic E-state index is 0.0869. The number of carboxylic acid groups (broad SMARTS) is 1. The van der Waals surface area contributed by atoms with Crippen molar-refractivity contribution in [1.29, 1.82) is 0 Å². The second kappa shape index (κ2) is 7.51. The maximum atomic E-state index is 11.0. The Kier molecular flexibility index (Phi) is 4.79. The third-order valence-electron chi connectivity index (χ3n) is 6.59. The number of aromatic nitrogens is 4. The summed E-state index contributed by atoms with van der Waals surface area (Å²) in [4.78, 5) is 22.3. The van der Waals surface area contributed by atoms with E-state index in [0.29, 0.717) is 17.5 Å². The summed E-state index contributed by atoms with van der Waals surface area (Å²) >= 11 is 0. The lowest BCUT2D eigenvalue weighted by Gasteiger charge is -2.33. The van der Waals surface area contributed by atoms with Crippen LogP contribution in [-0.4, -0.2) is 49.9 Å². The van der Waals surface area contributed by atoms with Crippen LogP contribution >= 0.6 is 0 Å². The Balaban J connectivity index is 1.25. The third-order valence-corrected chi connectivity index (χ3v) is 6.59. The van der Waals surface area contributed by atoms with Gasteiger partial charge in [-0.25, -0.2) is 4.98 Å². The summed E-state index contributed by atoms with van der Waals surface area (Å²) in [5.74, 6) is 1.62. The SMILES string of the molecule is Cc1nc2nc(C)c(O[C@@H]3CCN(c4ccc(C5CC(C(=O)O)C5)cc4)C3)c(C)n2n1. The van der Waals surface area contributed by atoms with Crippen molar-refractivity contribution in [2.45, 2.75) is 52.1 Å². The van der Waals surface area contributed by atoms with Gasteiger partial charge in [0.05, 0.1) is 23.9 Å². The van der Waals surface area contributed by atoms with Gasteiger partial charge >= 0.3 is 5.97 Å². The largest absolute Gasteiger partial charge is 0.485 e. The number of carboxylic acids is 1. The Morgan fingerprint density at radius 1 is 1.13 bits per heavy atom. The van der Waals surface area contributed by atoms with E-state index in [4.69, 9.17) is 9.84 Å². The van der Waals surface area contributed by atoms with Crippen molar-refractivity contribution in [1.82, 2.24) is 19.6 Å². The second-order valence-corrected chi connectivity index (χ2v) is 8.75. The van der Waals surface area contributed by atoms with Crippen molar-refractivity contribution in [3.63, 3.8) is 0 Å². The van der Waals surface area contributed by atoms with Gasteiger partial charge in [-0.2, -0.15) is 9.50 Å². The highest BCUT2D eigenvalue weighted by molar-refractivity contribution is 5.71. The van der Waals surface area contributed by atoms with Gasteiger partial charge in [-0.1, -0.05) is 12.1 Å². The zero-order chi connectivity index (χ0) is 21.7. The first-order chi connectivity index (χ1) is 14.9. The Hall–Kier alpha value is -3.16. The van der Waals surface area contributed by atoms with E-state index >= 15 is 0 Å². The summed E-state index contributed by atoms with van der Waals surface area (Å²) in [6, 6.07) is 8.58. The van der Waals surface area contributed by atoms with Crippen molar-refractivity contribution in [2.24, 2.45) is 5.92 Å². The van der Waals surface area contributed by atoms with Gasteiger partial charge in [-0.15, -0.1) is 5.10 Å². The maximum Gasteiger partial charge on any atom is 0.306 e. The monoisotopic (exact) mass is 421 g/mol. The van der Waals surface area contributed by atoms with Crippen LogP contribution in [0.5, 0.6) is 5.75 Å². The molecule has 2 fully saturated rings. The van der Waals surface area contributed by atoms with Crippen molar-refractivity contribution in [3.8, 4) is 5.75 Å². The number of aryl methyl sites for hydroxylation is 3. The van der Waals surface area contributed by atoms with Gasteiger partial charge in [-0.3, -0.25) is 4.79 Å². The van der Waals surface area contributed by atoms with Crippen molar-refractivity contribution in [3.05, 3.63) is 47.0 Å². The summed E-state index contributed by atoms with van der Waals surface area (Å²) in [5, 5.41) is 13.5. The number of aliphatic carboxylic acids is 1. The molecule has 5 rings (SSSR count). The highest BCUT2D eigenvalue weighted by atomic mass is 16.5. The van der Waals surface area contributed by atoms with Crippen molar-refractivity contribution >= 4 is 17.4 Å². The number of rotatable bonds is 5. The van der Waals surface area contributed by atoms with E-state index in [1.807, 2.05) is 20.8 Å². The van der Waals surface area contributed by atoms with Gasteiger partial charge in [0.25, 0.3) is 5.78 Å². The van der Waals surface area contributed by atoms with Crippen LogP contribution in [0.1, 0.15) is 48.0 Å². The van der Waals surface area contributed by atoms with Gasteiger partial charge in [-0.05, 0) is 57.2 Å². The minimum Gasteiger partial charge on any atom is -0.485 e. The predicted molar refractivity (Wildman–Crippen MR) is 116 cm³/mol. The molecule has 1 N–H and O–H groups in total. The second-order valence-electron chi connectivity index (χ2n) is 8.75. The van der Waals surface area contributed by atoms with Gasteiger partial charge < -0.3 is 14.7 Å². The molecular weight excluding hydrogens is 394 g/mol. The zero-order valence-corrected chi connectivity index (χ0v) is 18.1. The Bertz CT molecular complexity index is 1130. The van der Waals surface area contributed by atoms with Crippen molar-refractivity contribution in [2.75, 3.05) is 18.0 Å². The standard InChI is InChI=1S/C23H27N5O3/c1-13-21(14(2)28-23(24-13)25-15(3)26-28)31-20-8-9-27(12-20)19-6-4-16(5-7-19)17-10-18(11-17)22(29)30/h4-7,17-18,20H,8-12H2,1-3H3,(H,29,30)/t17?,18?,20-/m1/s1. The van der Waals surface area contributed by atoms with Crippen LogP contribution in [0.2, 0.25) is 0 Å². The van der Waals surface area contributed by atoms with Crippen LogP contribution in [0.25, 0.3) is 5.78 Å². The molecule has 1 aliphatic carbocycles. The lowest BCUT2D eigenvalue weighted by molar-refractivity contribution is -0.145. The maximum absolute atomic E-state index is 11.0. The molecule has 1 saturated heterocycles. The smallest absolute Gasteiger partial charge is 0.306 e. The minimum atomic E-state index is -0.672. The number of anilines is 1.